The average molecular weight is 533 g/mol. The van der Waals surface area contributed by atoms with Crippen LogP contribution in [0.5, 0.6) is 0 Å². The lowest BCUT2D eigenvalue weighted by molar-refractivity contribution is -0.137. The number of nitrogens with zero attached hydrogens (tertiary/aromatic N) is 2. The summed E-state index contributed by atoms with van der Waals surface area (Å²) in [6.07, 6.45) is -2.36. The van der Waals surface area contributed by atoms with Crippen LogP contribution in [0.3, 0.4) is 0 Å². The number of carbonyl (C=O) groups excluding carboxylic acids is 1. The van der Waals surface area contributed by atoms with Crippen molar-refractivity contribution in [2.45, 2.75) is 18.1 Å². The number of pyridine rings is 2. The summed E-state index contributed by atoms with van der Waals surface area (Å²) < 4.78 is 69.2. The Morgan fingerprint density at radius 3 is 2.30 bits per heavy atom. The maximum Gasteiger partial charge on any atom is 0.416 e. The molecule has 5 nitrogen and oxygen atoms in total. The molecular weight excluding hydrogens is 515 g/mol. The quantitative estimate of drug-likeness (QED) is 0.270. The minimum Gasteiger partial charge on any atom is -0.322 e. The highest BCUT2D eigenvalue weighted by Gasteiger charge is 2.41. The highest BCUT2D eigenvalue weighted by molar-refractivity contribution is 6.30. The van der Waals surface area contributed by atoms with Crippen molar-refractivity contribution in [3.63, 3.8) is 0 Å². The zero-order valence-electron chi connectivity index (χ0n) is 18.9. The van der Waals surface area contributed by atoms with Crippen molar-refractivity contribution in [2.24, 2.45) is 0 Å². The minimum absolute atomic E-state index is 0.0654. The van der Waals surface area contributed by atoms with Crippen LogP contribution in [0.2, 0.25) is 5.02 Å². The molecule has 190 valence electrons. The predicted molar refractivity (Wildman–Crippen MR) is 128 cm³/mol. The smallest absolute Gasteiger partial charge is 0.322 e. The predicted octanol–water partition coefficient (Wildman–Crippen LogP) is 6.74. The second-order valence-electron chi connectivity index (χ2n) is 8.08. The molecule has 2 N–H and O–H groups in total. The van der Waals surface area contributed by atoms with Gasteiger partial charge >= 0.3 is 12.2 Å². The number of hydrogen-bond acceptors (Lipinski definition) is 3. The molecule has 0 aliphatic heterocycles. The number of hydrogen-bond donors (Lipinski definition) is 2. The van der Waals surface area contributed by atoms with Crippen molar-refractivity contribution in [3.8, 4) is 0 Å². The van der Waals surface area contributed by atoms with Gasteiger partial charge in [-0.25, -0.2) is 13.6 Å². The molecule has 0 aliphatic carbocycles. The standard InChI is InChI=1S/C26H18ClF5N4O/c27-18-7-8-23(34-15-18)25(14-22-5-1-2-9-33-22,16-10-17(26(30,31)32)12-20(29)11-16)36-24(37)35-21-6-3-4-19(28)13-21/h1-13,15H,14H2,(H2,35,36,37)/t25-/m0/s1. The van der Waals surface area contributed by atoms with Gasteiger partial charge in [-0.1, -0.05) is 23.7 Å². The molecule has 0 fully saturated rings. The van der Waals surface area contributed by atoms with E-state index in [0.29, 0.717) is 11.8 Å². The molecule has 11 heteroatoms. The lowest BCUT2D eigenvalue weighted by atomic mass is 9.81. The largest absolute Gasteiger partial charge is 0.416 e. The summed E-state index contributed by atoms with van der Waals surface area (Å²) in [5, 5.41) is 5.34. The monoisotopic (exact) mass is 532 g/mol. The van der Waals surface area contributed by atoms with Crippen LogP contribution in [-0.2, 0) is 18.1 Å². The number of nitrogens with one attached hydrogen (secondary N) is 2. The van der Waals surface area contributed by atoms with Crippen molar-refractivity contribution >= 4 is 23.3 Å². The number of benzene rings is 2. The number of carbonyl (C=O) groups is 1. The molecule has 0 bridgehead atoms. The van der Waals surface area contributed by atoms with E-state index in [1.54, 1.807) is 18.2 Å². The fourth-order valence-corrected chi connectivity index (χ4v) is 3.96. The topological polar surface area (TPSA) is 66.9 Å². The van der Waals surface area contributed by atoms with Gasteiger partial charge in [0.25, 0.3) is 0 Å². The Hall–Kier alpha value is -4.05. The number of alkyl halides is 3. The van der Waals surface area contributed by atoms with Crippen molar-refractivity contribution in [2.75, 3.05) is 5.32 Å². The zero-order chi connectivity index (χ0) is 26.6. The third-order valence-corrected chi connectivity index (χ3v) is 5.69. The van der Waals surface area contributed by atoms with E-state index in [1.165, 1.54) is 42.7 Å². The van der Waals surface area contributed by atoms with Crippen molar-refractivity contribution < 1.29 is 26.7 Å². The Balaban J connectivity index is 1.91. The molecule has 0 saturated heterocycles. The van der Waals surface area contributed by atoms with Gasteiger partial charge in [0.2, 0.25) is 0 Å². The molecule has 2 heterocycles. The lowest BCUT2D eigenvalue weighted by Gasteiger charge is -2.35. The number of anilines is 1. The highest BCUT2D eigenvalue weighted by Crippen LogP contribution is 2.37. The summed E-state index contributed by atoms with van der Waals surface area (Å²) in [4.78, 5) is 21.7. The lowest BCUT2D eigenvalue weighted by Crippen LogP contribution is -2.51. The van der Waals surface area contributed by atoms with Crippen LogP contribution in [0.15, 0.2) is 85.2 Å². The molecule has 0 saturated carbocycles. The number of aromatic nitrogens is 2. The number of rotatable bonds is 6. The maximum absolute atomic E-state index is 14.6. The molecule has 4 rings (SSSR count). The SMILES string of the molecule is O=C(Nc1cccc(F)c1)N[C@@](Cc1ccccn1)(c1cc(F)cc(C(F)(F)F)c1)c1ccc(Cl)cn1. The van der Waals surface area contributed by atoms with Crippen molar-refractivity contribution in [1.82, 2.24) is 15.3 Å². The van der Waals surface area contributed by atoms with E-state index >= 15 is 0 Å². The molecular formula is C26H18ClF5N4O. The van der Waals surface area contributed by atoms with Gasteiger partial charge in [-0.15, -0.1) is 0 Å². The number of halogens is 6. The molecule has 2 amide bonds. The third-order valence-electron chi connectivity index (χ3n) is 5.46. The molecule has 1 atom stereocenters. The second-order valence-corrected chi connectivity index (χ2v) is 8.52. The Morgan fingerprint density at radius 1 is 0.865 bits per heavy atom. The van der Waals surface area contributed by atoms with Gasteiger partial charge in [-0.3, -0.25) is 9.97 Å². The van der Waals surface area contributed by atoms with Gasteiger partial charge in [0, 0.05) is 30.2 Å². The first kappa shape index (κ1) is 26.0. The molecule has 0 radical (unpaired) electrons. The first-order chi connectivity index (χ1) is 17.5. The van der Waals surface area contributed by atoms with E-state index in [4.69, 9.17) is 11.6 Å². The fraction of sp³-hybridized carbons (Fsp3) is 0.115. The fourth-order valence-electron chi connectivity index (χ4n) is 3.85. The average Bonchev–Trinajstić information content (AvgIpc) is 2.84. The summed E-state index contributed by atoms with van der Waals surface area (Å²) in [6.45, 7) is 0. The van der Waals surface area contributed by atoms with E-state index in [2.05, 4.69) is 20.6 Å². The number of amides is 2. The Kier molecular flexibility index (Phi) is 7.40. The minimum atomic E-state index is -4.87. The molecule has 0 spiro atoms. The van der Waals surface area contributed by atoms with E-state index in [0.717, 1.165) is 18.2 Å². The van der Waals surface area contributed by atoms with Crippen LogP contribution < -0.4 is 10.6 Å². The van der Waals surface area contributed by atoms with Crippen molar-refractivity contribution in [3.05, 3.63) is 124 Å². The second kappa shape index (κ2) is 10.5. The third kappa shape index (κ3) is 6.21. The molecule has 2 aromatic carbocycles. The summed E-state index contributed by atoms with van der Waals surface area (Å²) >= 11 is 5.99. The van der Waals surface area contributed by atoms with Crippen LogP contribution in [0.25, 0.3) is 0 Å². The Morgan fingerprint density at radius 2 is 1.65 bits per heavy atom. The van der Waals surface area contributed by atoms with Gasteiger partial charge in [-0.05, 0) is 66.2 Å². The van der Waals surface area contributed by atoms with Crippen LogP contribution in [0, 0.1) is 11.6 Å². The zero-order valence-corrected chi connectivity index (χ0v) is 19.6. The normalized spacial score (nSPS) is 13.0. The van der Waals surface area contributed by atoms with E-state index < -0.39 is 34.9 Å². The molecule has 0 unspecified atom stereocenters. The summed E-state index contributed by atoms with van der Waals surface area (Å²) in [6, 6.07) is 13.8. The van der Waals surface area contributed by atoms with E-state index in [1.807, 2.05) is 0 Å². The van der Waals surface area contributed by atoms with Crippen LogP contribution in [-0.4, -0.2) is 16.0 Å². The van der Waals surface area contributed by atoms with E-state index in [9.17, 15) is 26.7 Å². The summed E-state index contributed by atoms with van der Waals surface area (Å²) in [5.41, 5.74) is -2.83. The van der Waals surface area contributed by atoms with E-state index in [-0.39, 0.29) is 28.4 Å². The molecule has 0 aliphatic rings. The van der Waals surface area contributed by atoms with Crippen molar-refractivity contribution in [1.29, 1.82) is 0 Å². The van der Waals surface area contributed by atoms with Gasteiger partial charge in [0.1, 0.15) is 17.2 Å². The van der Waals surface area contributed by atoms with Crippen LogP contribution in [0.4, 0.5) is 32.4 Å². The van der Waals surface area contributed by atoms with Crippen LogP contribution >= 0.6 is 11.6 Å². The van der Waals surface area contributed by atoms with Gasteiger partial charge in [0.05, 0.1) is 16.3 Å². The molecule has 37 heavy (non-hydrogen) atoms. The maximum atomic E-state index is 14.6. The molecule has 2 aromatic heterocycles. The first-order valence-electron chi connectivity index (χ1n) is 10.8. The van der Waals surface area contributed by atoms with Crippen LogP contribution in [0.1, 0.15) is 22.5 Å². The van der Waals surface area contributed by atoms with Gasteiger partial charge in [0.15, 0.2) is 0 Å². The highest BCUT2D eigenvalue weighted by atomic mass is 35.5. The first-order valence-corrected chi connectivity index (χ1v) is 11.2. The van der Waals surface area contributed by atoms with Gasteiger partial charge < -0.3 is 10.6 Å². The number of urea groups is 1. The Bertz CT molecular complexity index is 1400. The Labute approximate surface area is 213 Å². The summed E-state index contributed by atoms with van der Waals surface area (Å²) in [7, 11) is 0. The molecule has 4 aromatic rings. The van der Waals surface area contributed by atoms with Gasteiger partial charge in [-0.2, -0.15) is 13.2 Å². The summed E-state index contributed by atoms with van der Waals surface area (Å²) in [5.74, 6) is -1.78.